The summed E-state index contributed by atoms with van der Waals surface area (Å²) in [6.45, 7) is 5.59. The fourth-order valence-electron chi connectivity index (χ4n) is 1.36. The van der Waals surface area contributed by atoms with Gasteiger partial charge < -0.3 is 4.74 Å². The van der Waals surface area contributed by atoms with Crippen LogP contribution in [0.5, 0.6) is 0 Å². The number of carbonyl (C=O) groups excluding carboxylic acids is 1. The molecule has 0 aliphatic heterocycles. The number of nitrogens with zero attached hydrogens (tertiary/aromatic N) is 1. The van der Waals surface area contributed by atoms with E-state index < -0.39 is 5.60 Å². The highest BCUT2D eigenvalue weighted by atomic mass is 79.9. The highest BCUT2D eigenvalue weighted by Crippen LogP contribution is 2.24. The van der Waals surface area contributed by atoms with E-state index in [4.69, 9.17) is 4.74 Å². The molecule has 4 heteroatoms. The molecule has 0 saturated carbocycles. The summed E-state index contributed by atoms with van der Waals surface area (Å²) in [5.74, 6) is 0. The molecule has 3 nitrogen and oxygen atoms in total. The van der Waals surface area contributed by atoms with Gasteiger partial charge in [0.1, 0.15) is 5.60 Å². The van der Waals surface area contributed by atoms with E-state index in [-0.39, 0.29) is 6.09 Å². The number of hydrogen-bond acceptors (Lipinski definition) is 2. The van der Waals surface area contributed by atoms with Gasteiger partial charge in [-0.3, -0.25) is 4.90 Å². The monoisotopic (exact) mass is 287 g/mol. The van der Waals surface area contributed by atoms with Crippen LogP contribution < -0.4 is 0 Å². The van der Waals surface area contributed by atoms with Gasteiger partial charge >= 0.3 is 6.09 Å². The van der Waals surface area contributed by atoms with Gasteiger partial charge in [0.25, 0.3) is 0 Å². The van der Waals surface area contributed by atoms with Crippen molar-refractivity contribution in [2.45, 2.75) is 39.2 Å². The average molecular weight is 288 g/mol. The Morgan fingerprint density at radius 3 is 2.62 bits per heavy atom. The molecule has 1 aliphatic rings. The normalized spacial score (nSPS) is 16.3. The average Bonchev–Trinajstić information content (AvgIpc) is 2.14. The van der Waals surface area contributed by atoms with Crippen LogP contribution in [-0.2, 0) is 4.74 Å². The molecule has 0 aromatic heterocycles. The summed E-state index contributed by atoms with van der Waals surface area (Å²) in [5.41, 5.74) is 0.525. The predicted octanol–water partition coefficient (Wildman–Crippen LogP) is 3.81. The third kappa shape index (κ3) is 4.00. The van der Waals surface area contributed by atoms with Crippen LogP contribution in [0, 0.1) is 0 Å². The van der Waals surface area contributed by atoms with Gasteiger partial charge in [-0.1, -0.05) is 22.0 Å². The van der Waals surface area contributed by atoms with Crippen LogP contribution >= 0.6 is 15.9 Å². The second-order valence-corrected chi connectivity index (χ2v) is 5.72. The number of rotatable bonds is 1. The quantitative estimate of drug-likeness (QED) is 0.734. The molecule has 0 bridgehead atoms. The molecule has 90 valence electrons. The van der Waals surface area contributed by atoms with Gasteiger partial charge in [-0.05, 0) is 39.7 Å². The van der Waals surface area contributed by atoms with Crippen molar-refractivity contribution in [2.24, 2.45) is 0 Å². The van der Waals surface area contributed by atoms with Gasteiger partial charge in [0.2, 0.25) is 0 Å². The maximum atomic E-state index is 11.8. The van der Waals surface area contributed by atoms with Crippen molar-refractivity contribution in [3.63, 3.8) is 0 Å². The lowest BCUT2D eigenvalue weighted by Gasteiger charge is -2.27. The van der Waals surface area contributed by atoms with Crippen molar-refractivity contribution in [2.75, 3.05) is 7.05 Å². The van der Waals surface area contributed by atoms with Gasteiger partial charge in [0.05, 0.1) is 0 Å². The SMILES string of the molecule is CN(C(=O)OC(C)(C)C)C1=CC(Br)=CCC1. The Morgan fingerprint density at radius 1 is 1.50 bits per heavy atom. The van der Waals surface area contributed by atoms with Crippen molar-refractivity contribution in [1.82, 2.24) is 4.90 Å². The first-order valence-corrected chi connectivity index (χ1v) is 6.12. The second kappa shape index (κ2) is 5.04. The fourth-order valence-corrected chi connectivity index (χ4v) is 1.85. The Morgan fingerprint density at radius 2 is 2.12 bits per heavy atom. The summed E-state index contributed by atoms with van der Waals surface area (Å²) >= 11 is 3.41. The van der Waals surface area contributed by atoms with E-state index in [0.717, 1.165) is 23.0 Å². The molecule has 0 aromatic carbocycles. The molecule has 0 unspecified atom stereocenters. The van der Waals surface area contributed by atoms with Crippen LogP contribution in [0.25, 0.3) is 0 Å². The van der Waals surface area contributed by atoms with Gasteiger partial charge in [-0.25, -0.2) is 4.79 Å². The van der Waals surface area contributed by atoms with Crippen LogP contribution in [0.15, 0.2) is 22.3 Å². The van der Waals surface area contributed by atoms with Gasteiger partial charge in [0, 0.05) is 17.2 Å². The Bertz CT molecular complexity index is 339. The Kier molecular flexibility index (Phi) is 4.19. The van der Waals surface area contributed by atoms with Gasteiger partial charge in [-0.2, -0.15) is 0 Å². The molecule has 1 amide bonds. The zero-order valence-electron chi connectivity index (χ0n) is 10.2. The first kappa shape index (κ1) is 13.3. The molecule has 0 saturated heterocycles. The van der Waals surface area contributed by atoms with Gasteiger partial charge in [0.15, 0.2) is 0 Å². The third-order valence-electron chi connectivity index (χ3n) is 2.14. The van der Waals surface area contributed by atoms with E-state index in [2.05, 4.69) is 22.0 Å². The standard InChI is InChI=1S/C12H18BrNO2/c1-12(2,3)16-11(15)14(4)10-7-5-6-9(13)8-10/h6,8H,5,7H2,1-4H3. The molecule has 1 aliphatic carbocycles. The number of allylic oxidation sites excluding steroid dienone is 4. The van der Waals surface area contributed by atoms with Crippen LogP contribution in [0.3, 0.4) is 0 Å². The van der Waals surface area contributed by atoms with Crippen LogP contribution in [0.1, 0.15) is 33.6 Å². The molecule has 0 N–H and O–H groups in total. The molecular weight excluding hydrogens is 270 g/mol. The van der Waals surface area contributed by atoms with E-state index in [1.54, 1.807) is 11.9 Å². The van der Waals surface area contributed by atoms with Crippen molar-refractivity contribution >= 4 is 22.0 Å². The topological polar surface area (TPSA) is 29.5 Å². The lowest BCUT2D eigenvalue weighted by molar-refractivity contribution is 0.0348. The molecular formula is C12H18BrNO2. The number of hydrogen-bond donors (Lipinski definition) is 0. The maximum absolute atomic E-state index is 11.8. The number of halogens is 1. The lowest BCUT2D eigenvalue weighted by Crippen LogP contribution is -2.34. The molecule has 0 atom stereocenters. The number of ether oxygens (including phenoxy) is 1. The van der Waals surface area contributed by atoms with Crippen LogP contribution in [-0.4, -0.2) is 23.6 Å². The van der Waals surface area contributed by atoms with E-state index in [0.29, 0.717) is 0 Å². The fraction of sp³-hybridized carbons (Fsp3) is 0.583. The van der Waals surface area contributed by atoms with E-state index in [1.807, 2.05) is 26.8 Å². The smallest absolute Gasteiger partial charge is 0.414 e. The molecule has 0 radical (unpaired) electrons. The summed E-state index contributed by atoms with van der Waals surface area (Å²) in [5, 5.41) is 0. The van der Waals surface area contributed by atoms with Crippen molar-refractivity contribution < 1.29 is 9.53 Å². The largest absolute Gasteiger partial charge is 0.443 e. The summed E-state index contributed by atoms with van der Waals surface area (Å²) < 4.78 is 6.32. The third-order valence-corrected chi connectivity index (χ3v) is 2.70. The van der Waals surface area contributed by atoms with Crippen molar-refractivity contribution in [3.8, 4) is 0 Å². The maximum Gasteiger partial charge on any atom is 0.414 e. The Hall–Kier alpha value is -0.770. The summed E-state index contributed by atoms with van der Waals surface area (Å²) in [6.07, 6.45) is 5.55. The molecule has 1 rings (SSSR count). The van der Waals surface area contributed by atoms with E-state index in [9.17, 15) is 4.79 Å². The minimum absolute atomic E-state index is 0.305. The molecule has 0 fully saturated rings. The molecule has 16 heavy (non-hydrogen) atoms. The second-order valence-electron chi connectivity index (χ2n) is 4.80. The minimum Gasteiger partial charge on any atom is -0.443 e. The minimum atomic E-state index is -0.451. The van der Waals surface area contributed by atoms with Crippen LogP contribution in [0.2, 0.25) is 0 Å². The molecule has 0 spiro atoms. The molecule has 0 aromatic rings. The number of amides is 1. The summed E-state index contributed by atoms with van der Waals surface area (Å²) in [6, 6.07) is 0. The Balaban J connectivity index is 2.68. The van der Waals surface area contributed by atoms with Crippen molar-refractivity contribution in [1.29, 1.82) is 0 Å². The van der Waals surface area contributed by atoms with E-state index >= 15 is 0 Å². The summed E-state index contributed by atoms with van der Waals surface area (Å²) in [4.78, 5) is 13.4. The van der Waals surface area contributed by atoms with Crippen LogP contribution in [0.4, 0.5) is 4.79 Å². The van der Waals surface area contributed by atoms with Gasteiger partial charge in [-0.15, -0.1) is 0 Å². The highest BCUT2D eigenvalue weighted by Gasteiger charge is 2.22. The zero-order valence-corrected chi connectivity index (χ0v) is 11.8. The molecule has 0 heterocycles. The lowest BCUT2D eigenvalue weighted by atomic mass is 10.1. The zero-order chi connectivity index (χ0) is 12.3. The van der Waals surface area contributed by atoms with E-state index in [1.165, 1.54) is 0 Å². The predicted molar refractivity (Wildman–Crippen MR) is 68.3 cm³/mol. The Labute approximate surface area is 105 Å². The first-order chi connectivity index (χ1) is 7.29. The number of carbonyl (C=O) groups is 1. The van der Waals surface area contributed by atoms with Crippen molar-refractivity contribution in [3.05, 3.63) is 22.3 Å². The summed E-state index contributed by atoms with van der Waals surface area (Å²) in [7, 11) is 1.74. The first-order valence-electron chi connectivity index (χ1n) is 5.32. The highest BCUT2D eigenvalue weighted by molar-refractivity contribution is 9.11.